The first-order valence-electron chi connectivity index (χ1n) is 5.37. The van der Waals surface area contributed by atoms with E-state index in [9.17, 15) is 4.79 Å². The number of pyridine rings is 1. The molecule has 0 aliphatic carbocycles. The largest absolute Gasteiger partial charge is 0.395 e. The lowest BCUT2D eigenvalue weighted by atomic mass is 10.2. The monoisotopic (exact) mass is 239 g/mol. The zero-order chi connectivity index (χ0) is 12.7. The van der Waals surface area contributed by atoms with E-state index in [0.717, 1.165) is 0 Å². The maximum absolute atomic E-state index is 12.1. The van der Waals surface area contributed by atoms with Gasteiger partial charge in [-0.25, -0.2) is 0 Å². The van der Waals surface area contributed by atoms with E-state index in [4.69, 9.17) is 10.2 Å². The van der Waals surface area contributed by atoms with Gasteiger partial charge in [0.05, 0.1) is 18.8 Å². The number of hydrogen-bond donors (Lipinski definition) is 3. The molecular weight excluding hydrogens is 222 g/mol. The third-order valence-electron chi connectivity index (χ3n) is 2.35. The topological polar surface area (TPSA) is 85.7 Å². The molecule has 0 atom stereocenters. The van der Waals surface area contributed by atoms with Crippen LogP contribution in [0.4, 0.5) is 5.69 Å². The summed E-state index contributed by atoms with van der Waals surface area (Å²) in [6.07, 6.45) is 3.06. The molecule has 1 heterocycles. The van der Waals surface area contributed by atoms with Crippen LogP contribution in [0.2, 0.25) is 0 Å². The molecule has 0 unspecified atom stereocenters. The van der Waals surface area contributed by atoms with Gasteiger partial charge in [-0.1, -0.05) is 0 Å². The predicted molar refractivity (Wildman–Crippen MR) is 63.9 cm³/mol. The fourth-order valence-corrected chi connectivity index (χ4v) is 1.51. The van der Waals surface area contributed by atoms with Gasteiger partial charge in [0.2, 0.25) is 0 Å². The van der Waals surface area contributed by atoms with Crippen LogP contribution >= 0.6 is 0 Å². The first-order chi connectivity index (χ1) is 8.24. The van der Waals surface area contributed by atoms with Crippen LogP contribution in [0.15, 0.2) is 18.5 Å². The number of nitrogens with one attached hydrogen (secondary N) is 1. The van der Waals surface area contributed by atoms with E-state index in [1.54, 1.807) is 19.3 Å². The van der Waals surface area contributed by atoms with Crippen LogP contribution in [-0.2, 0) is 0 Å². The third kappa shape index (κ3) is 3.40. The summed E-state index contributed by atoms with van der Waals surface area (Å²) in [5.41, 5.74) is 1.10. The highest BCUT2D eigenvalue weighted by atomic mass is 16.3. The van der Waals surface area contributed by atoms with Crippen molar-refractivity contribution < 1.29 is 15.0 Å². The molecular formula is C11H17N3O3. The number of carbonyl (C=O) groups is 1. The van der Waals surface area contributed by atoms with Crippen LogP contribution in [0, 0.1) is 0 Å². The molecule has 0 saturated carbocycles. The number of aliphatic hydroxyl groups excluding tert-OH is 2. The first kappa shape index (κ1) is 13.4. The molecule has 0 saturated heterocycles. The molecule has 94 valence electrons. The molecule has 0 aliphatic rings. The minimum atomic E-state index is -0.259. The van der Waals surface area contributed by atoms with Gasteiger partial charge in [-0.2, -0.15) is 0 Å². The zero-order valence-corrected chi connectivity index (χ0v) is 9.76. The van der Waals surface area contributed by atoms with Crippen molar-refractivity contribution in [3.05, 3.63) is 24.0 Å². The van der Waals surface area contributed by atoms with E-state index in [0.29, 0.717) is 11.3 Å². The van der Waals surface area contributed by atoms with Gasteiger partial charge >= 0.3 is 0 Å². The van der Waals surface area contributed by atoms with E-state index in [-0.39, 0.29) is 32.2 Å². The Kier molecular flexibility index (Phi) is 5.38. The molecule has 0 bridgehead atoms. The standard InChI is InChI=1S/C11H17N3O3/c1-12-10-2-3-13-8-9(10)11(17)14(4-6-15)5-7-16/h2-3,8,15-16H,4-7H2,1H3,(H,12,13). The SMILES string of the molecule is CNc1ccncc1C(=O)N(CCO)CCO. The molecule has 6 nitrogen and oxygen atoms in total. The minimum Gasteiger partial charge on any atom is -0.395 e. The summed E-state index contributed by atoms with van der Waals surface area (Å²) in [4.78, 5) is 17.4. The molecule has 1 aromatic rings. The average molecular weight is 239 g/mol. The summed E-state index contributed by atoms with van der Waals surface area (Å²) >= 11 is 0. The molecule has 17 heavy (non-hydrogen) atoms. The van der Waals surface area contributed by atoms with Crippen molar-refractivity contribution in [2.45, 2.75) is 0 Å². The first-order valence-corrected chi connectivity index (χ1v) is 5.37. The van der Waals surface area contributed by atoms with Crippen molar-refractivity contribution >= 4 is 11.6 Å². The Hall–Kier alpha value is -1.66. The quantitative estimate of drug-likeness (QED) is 0.626. The number of hydrogen-bond acceptors (Lipinski definition) is 5. The number of aromatic nitrogens is 1. The van der Waals surface area contributed by atoms with Gasteiger partial charge in [0.1, 0.15) is 0 Å². The van der Waals surface area contributed by atoms with Crippen LogP contribution in [0.25, 0.3) is 0 Å². The summed E-state index contributed by atoms with van der Waals surface area (Å²) < 4.78 is 0. The van der Waals surface area contributed by atoms with E-state index < -0.39 is 0 Å². The Bertz CT molecular complexity index is 365. The molecule has 1 amide bonds. The number of rotatable bonds is 6. The second kappa shape index (κ2) is 6.82. The van der Waals surface area contributed by atoms with E-state index in [1.807, 2.05) is 0 Å². The summed E-state index contributed by atoms with van der Waals surface area (Å²) in [5, 5.41) is 20.7. The number of nitrogens with zero attached hydrogens (tertiary/aromatic N) is 2. The number of carbonyl (C=O) groups excluding carboxylic acids is 1. The summed E-state index contributed by atoms with van der Waals surface area (Å²) in [5.74, 6) is -0.259. The Labute approximate surface area is 99.9 Å². The van der Waals surface area contributed by atoms with Crippen LogP contribution in [0.5, 0.6) is 0 Å². The second-order valence-corrected chi connectivity index (χ2v) is 3.41. The van der Waals surface area contributed by atoms with Crippen molar-refractivity contribution in [2.75, 3.05) is 38.7 Å². The van der Waals surface area contributed by atoms with E-state index >= 15 is 0 Å². The number of anilines is 1. The molecule has 0 spiro atoms. The third-order valence-corrected chi connectivity index (χ3v) is 2.35. The van der Waals surface area contributed by atoms with E-state index in [2.05, 4.69) is 10.3 Å². The lowest BCUT2D eigenvalue weighted by Crippen LogP contribution is -2.36. The summed E-state index contributed by atoms with van der Waals surface area (Å²) in [6, 6.07) is 1.70. The minimum absolute atomic E-state index is 0.138. The molecule has 6 heteroatoms. The van der Waals surface area contributed by atoms with Gasteiger partial charge in [0, 0.05) is 38.2 Å². The molecule has 1 aromatic heterocycles. The van der Waals surface area contributed by atoms with Crippen molar-refractivity contribution in [1.82, 2.24) is 9.88 Å². The fourth-order valence-electron chi connectivity index (χ4n) is 1.51. The second-order valence-electron chi connectivity index (χ2n) is 3.41. The highest BCUT2D eigenvalue weighted by Crippen LogP contribution is 2.14. The Morgan fingerprint density at radius 1 is 1.41 bits per heavy atom. The maximum Gasteiger partial charge on any atom is 0.257 e. The highest BCUT2D eigenvalue weighted by molar-refractivity contribution is 5.99. The van der Waals surface area contributed by atoms with Gasteiger partial charge in [0.15, 0.2) is 0 Å². The van der Waals surface area contributed by atoms with Gasteiger partial charge in [0.25, 0.3) is 5.91 Å². The number of amides is 1. The van der Waals surface area contributed by atoms with Crippen LogP contribution in [0.1, 0.15) is 10.4 Å². The van der Waals surface area contributed by atoms with E-state index in [1.165, 1.54) is 11.1 Å². The zero-order valence-electron chi connectivity index (χ0n) is 9.76. The highest BCUT2D eigenvalue weighted by Gasteiger charge is 2.17. The van der Waals surface area contributed by atoms with Crippen LogP contribution in [0.3, 0.4) is 0 Å². The fraction of sp³-hybridized carbons (Fsp3) is 0.455. The van der Waals surface area contributed by atoms with Gasteiger partial charge < -0.3 is 20.4 Å². The smallest absolute Gasteiger partial charge is 0.257 e. The predicted octanol–water partition coefficient (Wildman–Crippen LogP) is -0.450. The summed E-state index contributed by atoms with van der Waals surface area (Å²) in [6.45, 7) is 0.108. The number of aliphatic hydroxyl groups is 2. The Morgan fingerprint density at radius 2 is 2.06 bits per heavy atom. The maximum atomic E-state index is 12.1. The Balaban J connectivity index is 2.92. The molecule has 1 rings (SSSR count). The van der Waals surface area contributed by atoms with Crippen LogP contribution in [-0.4, -0.2) is 59.4 Å². The summed E-state index contributed by atoms with van der Waals surface area (Å²) in [7, 11) is 1.72. The van der Waals surface area contributed by atoms with Gasteiger partial charge in [-0.15, -0.1) is 0 Å². The molecule has 0 aliphatic heterocycles. The molecule has 0 fully saturated rings. The van der Waals surface area contributed by atoms with Crippen molar-refractivity contribution in [3.63, 3.8) is 0 Å². The van der Waals surface area contributed by atoms with Gasteiger partial charge in [-0.05, 0) is 6.07 Å². The molecule has 0 aromatic carbocycles. The van der Waals surface area contributed by atoms with Crippen molar-refractivity contribution in [1.29, 1.82) is 0 Å². The van der Waals surface area contributed by atoms with Crippen LogP contribution < -0.4 is 5.32 Å². The Morgan fingerprint density at radius 3 is 2.59 bits per heavy atom. The lowest BCUT2D eigenvalue weighted by molar-refractivity contribution is 0.0685. The lowest BCUT2D eigenvalue weighted by Gasteiger charge is -2.21. The normalized spacial score (nSPS) is 10.1. The van der Waals surface area contributed by atoms with Crippen molar-refractivity contribution in [3.8, 4) is 0 Å². The molecule has 3 N–H and O–H groups in total. The van der Waals surface area contributed by atoms with Crippen molar-refractivity contribution in [2.24, 2.45) is 0 Å². The molecule has 0 radical (unpaired) electrons. The average Bonchev–Trinajstić information content (AvgIpc) is 2.37. The van der Waals surface area contributed by atoms with Gasteiger partial charge in [-0.3, -0.25) is 9.78 Å².